The first-order chi connectivity index (χ1) is 7.15. The highest BCUT2D eigenvalue weighted by Gasteiger charge is 2.28. The van der Waals surface area contributed by atoms with E-state index in [4.69, 9.17) is 0 Å². The third kappa shape index (κ3) is 3.98. The van der Waals surface area contributed by atoms with E-state index in [-0.39, 0.29) is 0 Å². The molecule has 88 valence electrons. The largest absolute Gasteiger partial charge is 0.311 e. The molecule has 1 rings (SSSR count). The van der Waals surface area contributed by atoms with E-state index in [2.05, 4.69) is 32.7 Å². The first kappa shape index (κ1) is 12.8. The number of nitrogens with one attached hydrogen (secondary N) is 1. The third-order valence-corrected chi connectivity index (χ3v) is 3.83. The van der Waals surface area contributed by atoms with Gasteiger partial charge < -0.3 is 5.32 Å². The molecule has 0 bridgehead atoms. The summed E-state index contributed by atoms with van der Waals surface area (Å²) < 4.78 is 0. The summed E-state index contributed by atoms with van der Waals surface area (Å²) in [4.78, 5) is 0. The summed E-state index contributed by atoms with van der Waals surface area (Å²) in [6.45, 7) is 10.9. The average Bonchev–Trinajstić information content (AvgIpc) is 2.21. The van der Waals surface area contributed by atoms with E-state index in [1.807, 2.05) is 6.08 Å². The molecule has 3 unspecified atom stereocenters. The van der Waals surface area contributed by atoms with E-state index in [1.165, 1.54) is 25.7 Å². The Morgan fingerprint density at radius 1 is 1.33 bits per heavy atom. The minimum atomic E-state index is 0.635. The quantitative estimate of drug-likeness (QED) is 0.680. The molecule has 0 aromatic carbocycles. The third-order valence-electron chi connectivity index (χ3n) is 3.83. The van der Waals surface area contributed by atoms with Gasteiger partial charge in [0.25, 0.3) is 0 Å². The summed E-state index contributed by atoms with van der Waals surface area (Å²) in [5, 5.41) is 3.81. The van der Waals surface area contributed by atoms with Gasteiger partial charge in [0.1, 0.15) is 0 Å². The van der Waals surface area contributed by atoms with Gasteiger partial charge in [0, 0.05) is 12.1 Å². The summed E-state index contributed by atoms with van der Waals surface area (Å²) >= 11 is 0. The van der Waals surface area contributed by atoms with Crippen molar-refractivity contribution in [1.82, 2.24) is 5.32 Å². The second-order valence-electron chi connectivity index (χ2n) is 5.34. The molecular formula is C14H27N. The van der Waals surface area contributed by atoms with Crippen LogP contribution in [0.2, 0.25) is 0 Å². The first-order valence-electron chi connectivity index (χ1n) is 6.52. The van der Waals surface area contributed by atoms with Crippen LogP contribution in [-0.2, 0) is 0 Å². The Labute approximate surface area is 95.3 Å². The summed E-state index contributed by atoms with van der Waals surface area (Å²) in [5.41, 5.74) is 0. The molecule has 0 amide bonds. The van der Waals surface area contributed by atoms with Crippen LogP contribution in [0.25, 0.3) is 0 Å². The van der Waals surface area contributed by atoms with Crippen LogP contribution in [0.15, 0.2) is 12.7 Å². The van der Waals surface area contributed by atoms with Crippen LogP contribution < -0.4 is 5.32 Å². The first-order valence-corrected chi connectivity index (χ1v) is 6.52. The van der Waals surface area contributed by atoms with Gasteiger partial charge in [0.05, 0.1) is 0 Å². The summed E-state index contributed by atoms with van der Waals surface area (Å²) in [5.74, 6) is 1.69. The Balaban J connectivity index is 2.36. The van der Waals surface area contributed by atoms with Crippen LogP contribution >= 0.6 is 0 Å². The lowest BCUT2D eigenvalue weighted by Gasteiger charge is -2.37. The Morgan fingerprint density at radius 2 is 1.93 bits per heavy atom. The fraction of sp³-hybridized carbons (Fsp3) is 0.857. The standard InChI is InChI=1S/C14H27N/c1-5-6-10-13(4)15-14-11(2)8-7-9-12(14)3/h5,11-15H,1,6-10H2,2-4H3. The molecule has 1 aliphatic rings. The molecule has 1 nitrogen and oxygen atoms in total. The van der Waals surface area contributed by atoms with Crippen molar-refractivity contribution in [2.75, 3.05) is 0 Å². The van der Waals surface area contributed by atoms with Crippen molar-refractivity contribution >= 4 is 0 Å². The van der Waals surface area contributed by atoms with E-state index in [1.54, 1.807) is 0 Å². The van der Waals surface area contributed by atoms with Gasteiger partial charge in [-0.3, -0.25) is 0 Å². The maximum atomic E-state index is 3.81. The topological polar surface area (TPSA) is 12.0 Å². The second kappa shape index (κ2) is 6.32. The lowest BCUT2D eigenvalue weighted by molar-refractivity contribution is 0.193. The Hall–Kier alpha value is -0.300. The minimum Gasteiger partial charge on any atom is -0.311 e. The molecule has 1 saturated carbocycles. The van der Waals surface area contributed by atoms with E-state index in [0.717, 1.165) is 24.3 Å². The van der Waals surface area contributed by atoms with Crippen LogP contribution in [0.3, 0.4) is 0 Å². The van der Waals surface area contributed by atoms with Crippen LogP contribution in [-0.4, -0.2) is 12.1 Å². The predicted molar refractivity (Wildman–Crippen MR) is 68.0 cm³/mol. The zero-order valence-electron chi connectivity index (χ0n) is 10.6. The zero-order chi connectivity index (χ0) is 11.3. The van der Waals surface area contributed by atoms with E-state index >= 15 is 0 Å². The molecule has 0 aliphatic heterocycles. The lowest BCUT2D eigenvalue weighted by atomic mass is 9.78. The number of hydrogen-bond donors (Lipinski definition) is 1. The molecule has 15 heavy (non-hydrogen) atoms. The molecule has 0 saturated heterocycles. The molecule has 1 fully saturated rings. The van der Waals surface area contributed by atoms with Gasteiger partial charge in [-0.05, 0) is 44.4 Å². The molecule has 0 aromatic heterocycles. The van der Waals surface area contributed by atoms with Crippen molar-refractivity contribution in [2.24, 2.45) is 11.8 Å². The molecule has 0 aromatic rings. The zero-order valence-corrected chi connectivity index (χ0v) is 10.6. The van der Waals surface area contributed by atoms with E-state index < -0.39 is 0 Å². The van der Waals surface area contributed by atoms with Crippen LogP contribution in [0.5, 0.6) is 0 Å². The fourth-order valence-electron chi connectivity index (χ4n) is 2.79. The molecule has 1 aliphatic carbocycles. The van der Waals surface area contributed by atoms with Gasteiger partial charge in [0.2, 0.25) is 0 Å². The van der Waals surface area contributed by atoms with Crippen molar-refractivity contribution in [3.05, 3.63) is 12.7 Å². The summed E-state index contributed by atoms with van der Waals surface area (Å²) in [7, 11) is 0. The van der Waals surface area contributed by atoms with Gasteiger partial charge in [-0.2, -0.15) is 0 Å². The van der Waals surface area contributed by atoms with Crippen LogP contribution in [0.4, 0.5) is 0 Å². The predicted octanol–water partition coefficient (Wildman–Crippen LogP) is 3.76. The monoisotopic (exact) mass is 209 g/mol. The van der Waals surface area contributed by atoms with Crippen molar-refractivity contribution in [3.8, 4) is 0 Å². The van der Waals surface area contributed by atoms with Crippen molar-refractivity contribution in [3.63, 3.8) is 0 Å². The van der Waals surface area contributed by atoms with Crippen molar-refractivity contribution < 1.29 is 0 Å². The highest BCUT2D eigenvalue weighted by molar-refractivity contribution is 4.85. The SMILES string of the molecule is C=CCCC(C)NC1C(C)CCCC1C. The molecule has 0 spiro atoms. The summed E-state index contributed by atoms with van der Waals surface area (Å²) in [6.07, 6.45) is 8.59. The van der Waals surface area contributed by atoms with Gasteiger partial charge in [-0.25, -0.2) is 0 Å². The molecule has 1 heteroatoms. The Morgan fingerprint density at radius 3 is 2.47 bits per heavy atom. The van der Waals surface area contributed by atoms with Gasteiger partial charge in [0.15, 0.2) is 0 Å². The fourth-order valence-corrected chi connectivity index (χ4v) is 2.79. The molecule has 1 N–H and O–H groups in total. The van der Waals surface area contributed by atoms with Gasteiger partial charge in [-0.15, -0.1) is 6.58 Å². The van der Waals surface area contributed by atoms with Crippen LogP contribution in [0.1, 0.15) is 52.9 Å². The number of hydrogen-bond acceptors (Lipinski definition) is 1. The molecule has 0 heterocycles. The summed E-state index contributed by atoms with van der Waals surface area (Å²) in [6, 6.07) is 1.37. The van der Waals surface area contributed by atoms with E-state index in [9.17, 15) is 0 Å². The Bertz CT molecular complexity index is 178. The van der Waals surface area contributed by atoms with Crippen LogP contribution in [0, 0.1) is 11.8 Å². The minimum absolute atomic E-state index is 0.635. The molecule has 3 atom stereocenters. The number of rotatable bonds is 5. The highest BCUT2D eigenvalue weighted by atomic mass is 15.0. The number of allylic oxidation sites excluding steroid dienone is 1. The maximum Gasteiger partial charge on any atom is 0.0121 e. The van der Waals surface area contributed by atoms with Gasteiger partial charge >= 0.3 is 0 Å². The van der Waals surface area contributed by atoms with Crippen molar-refractivity contribution in [2.45, 2.75) is 65.0 Å². The maximum absolute atomic E-state index is 3.81. The van der Waals surface area contributed by atoms with Gasteiger partial charge in [-0.1, -0.05) is 26.3 Å². The average molecular weight is 209 g/mol. The lowest BCUT2D eigenvalue weighted by Crippen LogP contribution is -2.46. The molecular weight excluding hydrogens is 182 g/mol. The second-order valence-corrected chi connectivity index (χ2v) is 5.34. The van der Waals surface area contributed by atoms with Crippen molar-refractivity contribution in [1.29, 1.82) is 0 Å². The normalized spacial score (nSPS) is 33.7. The Kier molecular flexibility index (Phi) is 5.38. The molecule has 0 radical (unpaired) electrons. The smallest absolute Gasteiger partial charge is 0.0121 e. The highest BCUT2D eigenvalue weighted by Crippen LogP contribution is 2.29. The van der Waals surface area contributed by atoms with E-state index in [0.29, 0.717) is 6.04 Å².